The quantitative estimate of drug-likeness (QED) is 0.384. The third-order valence-corrected chi connectivity index (χ3v) is 5.18. The molecule has 2 aromatic rings. The topological polar surface area (TPSA) is 65.0 Å². The molecular weight excluding hydrogens is 470 g/mol. The van der Waals surface area contributed by atoms with Crippen LogP contribution in [0.25, 0.3) is 0 Å². The largest absolute Gasteiger partial charge is 0.573 e. The zero-order valence-corrected chi connectivity index (χ0v) is 18.0. The highest BCUT2D eigenvalue weighted by atomic mass is 19.4. The van der Waals surface area contributed by atoms with Crippen LogP contribution in [0.15, 0.2) is 36.4 Å². The molecule has 186 valence electrons. The van der Waals surface area contributed by atoms with Crippen LogP contribution in [0.3, 0.4) is 0 Å². The van der Waals surface area contributed by atoms with E-state index in [-0.39, 0.29) is 35.5 Å². The van der Waals surface area contributed by atoms with E-state index in [9.17, 15) is 31.1 Å². The smallest absolute Gasteiger partial charge is 0.465 e. The van der Waals surface area contributed by atoms with E-state index < -0.39 is 18.7 Å². The standard InChI is InChI=1S/C12H11F3O3.C11H11F3O2/c1-17-11(16)8-4-5-9(7-2-3-7)10(6-8)18-12(13,14)15;12-11(13,14)16-10-5-7(6-15)1-4-9(10)8-2-3-8/h4-7H,2-3H2,1H3;1,4-5,8,15H,2-3,6H2. The van der Waals surface area contributed by atoms with Crippen LogP contribution in [0, 0.1) is 0 Å². The third-order valence-electron chi connectivity index (χ3n) is 5.18. The average Bonchev–Trinajstić information content (AvgIpc) is 3.64. The van der Waals surface area contributed by atoms with Gasteiger partial charge in [0.05, 0.1) is 19.3 Å². The van der Waals surface area contributed by atoms with E-state index in [0.717, 1.165) is 31.7 Å². The minimum absolute atomic E-state index is 0.0427. The van der Waals surface area contributed by atoms with Gasteiger partial charge in [-0.1, -0.05) is 18.2 Å². The lowest BCUT2D eigenvalue weighted by molar-refractivity contribution is -0.276. The van der Waals surface area contributed by atoms with Gasteiger partial charge in [0.1, 0.15) is 11.5 Å². The Morgan fingerprint density at radius 2 is 1.32 bits per heavy atom. The summed E-state index contributed by atoms with van der Waals surface area (Å²) in [6.45, 7) is -0.292. The molecule has 4 rings (SSSR count). The Kier molecular flexibility index (Phi) is 7.64. The predicted octanol–water partition coefficient (Wildman–Crippen LogP) is 6.20. The van der Waals surface area contributed by atoms with Gasteiger partial charge in [0.2, 0.25) is 0 Å². The van der Waals surface area contributed by atoms with E-state index in [4.69, 9.17) is 5.11 Å². The van der Waals surface area contributed by atoms with Crippen LogP contribution in [-0.2, 0) is 11.3 Å². The summed E-state index contributed by atoms with van der Waals surface area (Å²) in [7, 11) is 1.17. The minimum Gasteiger partial charge on any atom is -0.465 e. The molecule has 0 unspecified atom stereocenters. The molecule has 0 radical (unpaired) electrons. The highest BCUT2D eigenvalue weighted by molar-refractivity contribution is 5.90. The molecule has 2 saturated carbocycles. The lowest BCUT2D eigenvalue weighted by Crippen LogP contribution is -2.18. The van der Waals surface area contributed by atoms with Crippen LogP contribution in [0.5, 0.6) is 11.5 Å². The van der Waals surface area contributed by atoms with E-state index in [1.807, 2.05) is 0 Å². The Bertz CT molecular complexity index is 1010. The summed E-state index contributed by atoms with van der Waals surface area (Å²) >= 11 is 0. The zero-order chi connectivity index (χ0) is 25.1. The zero-order valence-electron chi connectivity index (χ0n) is 18.0. The first-order valence-electron chi connectivity index (χ1n) is 10.4. The summed E-state index contributed by atoms with van der Waals surface area (Å²) < 4.78 is 85.7. The number of carbonyl (C=O) groups excluding carboxylic acids is 1. The number of carbonyl (C=O) groups is 1. The number of hydrogen-bond acceptors (Lipinski definition) is 5. The summed E-state index contributed by atoms with van der Waals surface area (Å²) in [5.74, 6) is -0.919. The Hall–Kier alpha value is -2.95. The van der Waals surface area contributed by atoms with Crippen molar-refractivity contribution in [2.75, 3.05) is 7.11 Å². The highest BCUT2D eigenvalue weighted by Crippen LogP contribution is 2.46. The van der Waals surface area contributed by atoms with E-state index in [1.54, 1.807) is 12.1 Å². The van der Waals surface area contributed by atoms with Crippen molar-refractivity contribution < 1.29 is 50.5 Å². The number of rotatable bonds is 6. The van der Waals surface area contributed by atoms with Gasteiger partial charge in [-0.2, -0.15) is 0 Å². The van der Waals surface area contributed by atoms with Gasteiger partial charge in [-0.3, -0.25) is 0 Å². The number of hydrogen-bond donors (Lipinski definition) is 1. The van der Waals surface area contributed by atoms with Crippen LogP contribution < -0.4 is 9.47 Å². The number of aliphatic hydroxyl groups excluding tert-OH is 1. The summed E-state index contributed by atoms with van der Waals surface area (Å²) in [5.41, 5.74) is 1.53. The van der Waals surface area contributed by atoms with Gasteiger partial charge in [-0.25, -0.2) is 4.79 Å². The number of halogens is 6. The van der Waals surface area contributed by atoms with E-state index in [1.165, 1.54) is 25.3 Å². The van der Waals surface area contributed by atoms with Crippen molar-refractivity contribution in [3.63, 3.8) is 0 Å². The highest BCUT2D eigenvalue weighted by Gasteiger charge is 2.36. The Morgan fingerprint density at radius 3 is 1.74 bits per heavy atom. The maximum atomic E-state index is 12.3. The molecule has 5 nitrogen and oxygen atoms in total. The Labute approximate surface area is 191 Å². The van der Waals surface area contributed by atoms with Crippen molar-refractivity contribution in [2.45, 2.75) is 56.9 Å². The van der Waals surface area contributed by atoms with Crippen molar-refractivity contribution in [3.05, 3.63) is 58.7 Å². The maximum Gasteiger partial charge on any atom is 0.573 e. The fourth-order valence-corrected chi connectivity index (χ4v) is 3.35. The molecule has 0 atom stereocenters. The molecule has 0 bridgehead atoms. The summed E-state index contributed by atoms with van der Waals surface area (Å²) in [6, 6.07) is 8.49. The third kappa shape index (κ3) is 7.54. The molecule has 2 aliphatic rings. The number of ether oxygens (including phenoxy) is 3. The van der Waals surface area contributed by atoms with E-state index in [2.05, 4.69) is 14.2 Å². The molecule has 0 saturated heterocycles. The number of aliphatic hydroxyl groups is 1. The first kappa shape index (κ1) is 25.7. The van der Waals surface area contributed by atoms with Gasteiger partial charge >= 0.3 is 18.7 Å². The fourth-order valence-electron chi connectivity index (χ4n) is 3.35. The minimum atomic E-state index is -4.77. The van der Waals surface area contributed by atoms with Gasteiger partial charge in [0, 0.05) is 0 Å². The first-order valence-corrected chi connectivity index (χ1v) is 10.4. The van der Waals surface area contributed by atoms with Crippen LogP contribution >= 0.6 is 0 Å². The van der Waals surface area contributed by atoms with Gasteiger partial charge in [-0.15, -0.1) is 26.3 Å². The molecular formula is C23H22F6O5. The second kappa shape index (κ2) is 10.1. The maximum absolute atomic E-state index is 12.3. The second-order valence-corrected chi connectivity index (χ2v) is 7.92. The Morgan fingerprint density at radius 1 is 0.853 bits per heavy atom. The summed E-state index contributed by atoms with van der Waals surface area (Å²) in [6.07, 6.45) is -5.98. The summed E-state index contributed by atoms with van der Waals surface area (Å²) in [4.78, 5) is 11.3. The lowest BCUT2D eigenvalue weighted by Gasteiger charge is -2.13. The van der Waals surface area contributed by atoms with Gasteiger partial charge in [-0.05, 0) is 72.4 Å². The molecule has 34 heavy (non-hydrogen) atoms. The van der Waals surface area contributed by atoms with Crippen molar-refractivity contribution in [3.8, 4) is 11.5 Å². The Balaban J connectivity index is 0.000000192. The molecule has 0 heterocycles. The first-order chi connectivity index (χ1) is 15.9. The molecule has 1 N–H and O–H groups in total. The van der Waals surface area contributed by atoms with Gasteiger partial charge < -0.3 is 19.3 Å². The second-order valence-electron chi connectivity index (χ2n) is 7.92. The number of alkyl halides is 6. The van der Waals surface area contributed by atoms with Crippen molar-refractivity contribution in [1.82, 2.24) is 0 Å². The van der Waals surface area contributed by atoms with Crippen molar-refractivity contribution in [2.24, 2.45) is 0 Å². The van der Waals surface area contributed by atoms with Crippen molar-refractivity contribution in [1.29, 1.82) is 0 Å². The van der Waals surface area contributed by atoms with Crippen LogP contribution in [-0.4, -0.2) is 30.9 Å². The monoisotopic (exact) mass is 492 g/mol. The molecule has 2 fully saturated rings. The number of esters is 1. The van der Waals surface area contributed by atoms with E-state index >= 15 is 0 Å². The normalized spacial score (nSPS) is 15.8. The molecule has 2 aliphatic carbocycles. The van der Waals surface area contributed by atoms with Crippen molar-refractivity contribution >= 4 is 5.97 Å². The van der Waals surface area contributed by atoms with Crippen LogP contribution in [0.1, 0.15) is 64.6 Å². The molecule has 0 amide bonds. The van der Waals surface area contributed by atoms with E-state index in [0.29, 0.717) is 16.7 Å². The number of methoxy groups -OCH3 is 1. The molecule has 0 aromatic heterocycles. The van der Waals surface area contributed by atoms with Gasteiger partial charge in [0.15, 0.2) is 0 Å². The average molecular weight is 492 g/mol. The molecule has 11 heteroatoms. The summed E-state index contributed by atoms with van der Waals surface area (Å²) in [5, 5.41) is 8.87. The van der Waals surface area contributed by atoms with Gasteiger partial charge in [0.25, 0.3) is 0 Å². The molecule has 2 aromatic carbocycles. The molecule has 0 spiro atoms. The predicted molar refractivity (Wildman–Crippen MR) is 107 cm³/mol. The fraction of sp³-hybridized carbons (Fsp3) is 0.435. The molecule has 0 aliphatic heterocycles. The lowest BCUT2D eigenvalue weighted by atomic mass is 10.1. The van der Waals surface area contributed by atoms with Crippen LogP contribution in [0.2, 0.25) is 0 Å². The van der Waals surface area contributed by atoms with Crippen LogP contribution in [0.4, 0.5) is 26.3 Å². The number of benzene rings is 2. The SMILES string of the molecule is COC(=O)c1ccc(C2CC2)c(OC(F)(F)F)c1.OCc1ccc(C2CC2)c(OC(F)(F)F)c1.